The second-order valence-corrected chi connectivity index (χ2v) is 10.3. The van der Waals surface area contributed by atoms with Crippen LogP contribution < -0.4 is 10.4 Å². The number of carbonyl (C=O) groups is 2. The molecule has 2 aromatic carbocycles. The van der Waals surface area contributed by atoms with Gasteiger partial charge in [-0.15, -0.1) is 0 Å². The lowest BCUT2D eigenvalue weighted by molar-refractivity contribution is -0.956. The fourth-order valence-corrected chi connectivity index (χ4v) is 5.55. The predicted octanol–water partition coefficient (Wildman–Crippen LogP) is 5.32. The van der Waals surface area contributed by atoms with Gasteiger partial charge in [-0.1, -0.05) is 41.9 Å². The van der Waals surface area contributed by atoms with Crippen LogP contribution in [-0.4, -0.2) is 55.0 Å². The van der Waals surface area contributed by atoms with Crippen molar-refractivity contribution in [1.29, 1.82) is 0 Å². The normalized spacial score (nSPS) is 22.2. The number of piperidine rings is 1. The number of hydrogen-bond acceptors (Lipinski definition) is 4. The van der Waals surface area contributed by atoms with Crippen LogP contribution in [0.3, 0.4) is 0 Å². The van der Waals surface area contributed by atoms with Gasteiger partial charge in [-0.05, 0) is 43.0 Å². The van der Waals surface area contributed by atoms with E-state index in [0.717, 1.165) is 39.7 Å². The maximum absolute atomic E-state index is 12.8. The molecule has 6 nitrogen and oxygen atoms in total. The molecular formula is C26H30ClF3N2O4. The fourth-order valence-electron chi connectivity index (χ4n) is 5.36. The van der Waals surface area contributed by atoms with Crippen molar-refractivity contribution in [3.8, 4) is 11.1 Å². The Balaban J connectivity index is 0.000000454. The van der Waals surface area contributed by atoms with Crippen molar-refractivity contribution >= 4 is 29.4 Å². The summed E-state index contributed by atoms with van der Waals surface area (Å²) in [5, 5.41) is 12.5. The highest BCUT2D eigenvalue weighted by molar-refractivity contribution is 6.30. The average Bonchev–Trinajstić information content (AvgIpc) is 2.94. The quantitative estimate of drug-likeness (QED) is 0.547. The maximum Gasteiger partial charge on any atom is 0.430 e. The molecule has 2 bridgehead atoms. The predicted molar refractivity (Wildman–Crippen MR) is 129 cm³/mol. The third-order valence-electron chi connectivity index (χ3n) is 7.60. The summed E-state index contributed by atoms with van der Waals surface area (Å²) < 4.78 is 38.3. The van der Waals surface area contributed by atoms with Gasteiger partial charge >= 0.3 is 12.3 Å². The third kappa shape index (κ3) is 5.95. The van der Waals surface area contributed by atoms with E-state index >= 15 is 0 Å². The zero-order chi connectivity index (χ0) is 26.7. The summed E-state index contributed by atoms with van der Waals surface area (Å²) in [7, 11) is 4.60. The summed E-state index contributed by atoms with van der Waals surface area (Å²) in [4.78, 5) is 21.6. The van der Waals surface area contributed by atoms with Gasteiger partial charge in [-0.25, -0.2) is 4.79 Å². The molecule has 196 valence electrons. The molecule has 2 saturated heterocycles. The number of para-hydroxylation sites is 1. The molecule has 0 radical (unpaired) electrons. The minimum Gasteiger partial charge on any atom is -0.542 e. The molecular weight excluding hydrogens is 497 g/mol. The Morgan fingerprint density at radius 1 is 1.17 bits per heavy atom. The number of alkyl halides is 3. The lowest BCUT2D eigenvalue weighted by Crippen LogP contribution is -2.63. The first-order valence-corrected chi connectivity index (χ1v) is 12.1. The van der Waals surface area contributed by atoms with Crippen molar-refractivity contribution in [1.82, 2.24) is 0 Å². The van der Waals surface area contributed by atoms with E-state index in [1.54, 1.807) is 0 Å². The molecule has 2 unspecified atom stereocenters. The van der Waals surface area contributed by atoms with E-state index in [1.165, 1.54) is 19.3 Å². The smallest absolute Gasteiger partial charge is 0.430 e. The van der Waals surface area contributed by atoms with Crippen LogP contribution in [0.25, 0.3) is 11.1 Å². The van der Waals surface area contributed by atoms with E-state index in [-0.39, 0.29) is 11.6 Å². The first kappa shape index (κ1) is 27.8. The second-order valence-electron chi connectivity index (χ2n) is 9.84. The second kappa shape index (κ2) is 10.7. The number of anilines is 1. The van der Waals surface area contributed by atoms with Gasteiger partial charge in [0.2, 0.25) is 0 Å². The van der Waals surface area contributed by atoms with E-state index in [4.69, 9.17) is 26.2 Å². The number of rotatable bonds is 4. The molecule has 2 heterocycles. The minimum atomic E-state index is -5.19. The van der Waals surface area contributed by atoms with E-state index in [2.05, 4.69) is 19.4 Å². The van der Waals surface area contributed by atoms with Crippen LogP contribution in [0.4, 0.5) is 23.7 Å². The number of carbonyl (C=O) groups excluding carboxylic acids is 2. The first-order valence-electron chi connectivity index (χ1n) is 11.7. The number of carboxylic acid groups (broad SMARTS) is 1. The van der Waals surface area contributed by atoms with Gasteiger partial charge in [-0.2, -0.15) is 13.2 Å². The van der Waals surface area contributed by atoms with E-state index in [0.29, 0.717) is 17.7 Å². The largest absolute Gasteiger partial charge is 0.542 e. The Morgan fingerprint density at radius 2 is 1.83 bits per heavy atom. The minimum absolute atomic E-state index is 0.0573. The molecule has 0 aliphatic carbocycles. The molecule has 4 rings (SSSR count). The molecule has 1 N–H and O–H groups in total. The lowest BCUT2D eigenvalue weighted by Gasteiger charge is -2.49. The molecule has 0 aromatic heterocycles. The maximum atomic E-state index is 12.8. The standard InChI is InChI=1S/C24H29ClN2O2.C2HF3O2/c1-17-7-4-11-21(18-8-5-9-19(25)15-18)22(17)26-23(28)29-16-24-13-6-10-20(12-14-24)27(24,2)3;3-2(4,5)1(6)7/h4-5,7-9,11,15,20H,6,10,12-14,16H2,1-3H3;(H,6,7). The molecule has 36 heavy (non-hydrogen) atoms. The van der Waals surface area contributed by atoms with Crippen LogP contribution in [0.15, 0.2) is 42.5 Å². The van der Waals surface area contributed by atoms with Crippen molar-refractivity contribution in [2.45, 2.75) is 56.8 Å². The number of nitrogens with one attached hydrogen (secondary N) is 1. The van der Waals surface area contributed by atoms with Gasteiger partial charge in [0.15, 0.2) is 0 Å². The fraction of sp³-hybridized carbons (Fsp3) is 0.462. The van der Waals surface area contributed by atoms with Gasteiger partial charge in [-0.3, -0.25) is 5.32 Å². The molecule has 1 amide bonds. The van der Waals surface area contributed by atoms with Crippen LogP contribution >= 0.6 is 11.6 Å². The summed E-state index contributed by atoms with van der Waals surface area (Å²) in [6.07, 6.45) is 0.430. The van der Waals surface area contributed by atoms with Crippen LogP contribution in [-0.2, 0) is 9.53 Å². The first-order chi connectivity index (χ1) is 16.8. The molecule has 2 fully saturated rings. The summed E-state index contributed by atoms with van der Waals surface area (Å²) in [6.45, 7) is 2.46. The molecule has 0 spiro atoms. The van der Waals surface area contributed by atoms with Crippen molar-refractivity contribution in [3.05, 3.63) is 53.1 Å². The van der Waals surface area contributed by atoms with Crippen molar-refractivity contribution in [2.75, 3.05) is 26.0 Å². The van der Waals surface area contributed by atoms with Crippen LogP contribution in [0, 0.1) is 6.92 Å². The number of fused-ring (bicyclic) bond motifs is 2. The van der Waals surface area contributed by atoms with Gasteiger partial charge in [0.05, 0.1) is 25.8 Å². The Morgan fingerprint density at radius 3 is 2.47 bits per heavy atom. The molecule has 2 aromatic rings. The van der Waals surface area contributed by atoms with E-state index in [1.807, 2.05) is 49.4 Å². The number of amides is 1. The van der Waals surface area contributed by atoms with Crippen molar-refractivity contribution < 1.29 is 37.1 Å². The molecule has 2 aliphatic heterocycles. The van der Waals surface area contributed by atoms with Gasteiger partial charge in [0, 0.05) is 29.8 Å². The highest BCUT2D eigenvalue weighted by Crippen LogP contribution is 2.48. The van der Waals surface area contributed by atoms with Crippen LogP contribution in [0.1, 0.15) is 37.7 Å². The Bertz CT molecular complexity index is 1120. The number of nitrogens with zero attached hydrogens (tertiary/aromatic N) is 1. The van der Waals surface area contributed by atoms with Crippen LogP contribution in [0.2, 0.25) is 5.02 Å². The van der Waals surface area contributed by atoms with Gasteiger partial charge in [0.1, 0.15) is 18.1 Å². The summed E-state index contributed by atoms with van der Waals surface area (Å²) in [5.41, 5.74) is 3.74. The summed E-state index contributed by atoms with van der Waals surface area (Å²) in [6, 6.07) is 14.3. The SMILES string of the molecule is Cc1cccc(-c2cccc(Cl)c2)c1NC(=O)OCC12CCCC(CC1)[N+]2(C)C.O=C([O-])C(F)(F)F. The lowest BCUT2D eigenvalue weighted by atomic mass is 9.87. The average molecular weight is 527 g/mol. The Labute approximate surface area is 213 Å². The molecule has 0 saturated carbocycles. The highest BCUT2D eigenvalue weighted by Gasteiger charge is 2.58. The topological polar surface area (TPSA) is 78.5 Å². The zero-order valence-electron chi connectivity index (χ0n) is 20.5. The number of hydrogen-bond donors (Lipinski definition) is 1. The number of quaternary nitrogens is 1. The van der Waals surface area contributed by atoms with Crippen LogP contribution in [0.5, 0.6) is 0 Å². The number of carboxylic acids is 1. The Kier molecular flexibility index (Phi) is 8.25. The number of aryl methyl sites for hydroxylation is 1. The number of halogens is 4. The van der Waals surface area contributed by atoms with E-state index in [9.17, 15) is 18.0 Å². The Hall–Kier alpha value is -2.78. The molecule has 2 atom stereocenters. The van der Waals surface area contributed by atoms with Crippen molar-refractivity contribution in [2.24, 2.45) is 0 Å². The summed E-state index contributed by atoms with van der Waals surface area (Å²) >= 11 is 6.18. The van der Waals surface area contributed by atoms with Gasteiger partial charge < -0.3 is 19.1 Å². The monoisotopic (exact) mass is 526 g/mol. The van der Waals surface area contributed by atoms with Crippen molar-refractivity contribution in [3.63, 3.8) is 0 Å². The highest BCUT2D eigenvalue weighted by atomic mass is 35.5. The number of aliphatic carboxylic acids is 1. The number of benzene rings is 2. The van der Waals surface area contributed by atoms with Gasteiger partial charge in [0.25, 0.3) is 0 Å². The third-order valence-corrected chi connectivity index (χ3v) is 7.83. The molecule has 2 aliphatic rings. The zero-order valence-corrected chi connectivity index (χ0v) is 21.2. The molecule has 10 heteroatoms. The summed E-state index contributed by atoms with van der Waals surface area (Å²) in [5.74, 6) is -3.01. The van der Waals surface area contributed by atoms with E-state index < -0.39 is 12.1 Å². The number of likely N-dealkylation sites (N-methyl/N-ethyl adjacent to an activating group) is 1. The number of ether oxygens (including phenoxy) is 1.